The summed E-state index contributed by atoms with van der Waals surface area (Å²) in [6.07, 6.45) is 0.234. The van der Waals surface area contributed by atoms with Gasteiger partial charge in [-0.25, -0.2) is 9.88 Å². The van der Waals surface area contributed by atoms with E-state index in [1.807, 2.05) is 30.3 Å². The molecule has 0 radical (unpaired) electrons. The highest BCUT2D eigenvalue weighted by atomic mass is 31.2. The molecule has 8 heteroatoms. The number of nitrogens with one attached hydrogen (secondary N) is 2. The highest BCUT2D eigenvalue weighted by molar-refractivity contribution is 7.55. The van der Waals surface area contributed by atoms with Crippen molar-refractivity contribution in [3.63, 3.8) is 0 Å². The molecule has 1 amide bonds. The molecule has 4 N–H and O–H groups in total. The number of aromatic carboxylic acids is 1. The number of benzene rings is 2. The minimum Gasteiger partial charge on any atom is -0.478 e. The van der Waals surface area contributed by atoms with Crippen molar-refractivity contribution in [2.45, 2.75) is 12.5 Å². The fourth-order valence-electron chi connectivity index (χ4n) is 2.26. The van der Waals surface area contributed by atoms with Crippen LogP contribution < -0.4 is 10.4 Å². The summed E-state index contributed by atoms with van der Waals surface area (Å²) in [5.74, 6) is -1.54. The van der Waals surface area contributed by atoms with Crippen molar-refractivity contribution in [1.82, 2.24) is 5.09 Å². The lowest BCUT2D eigenvalue weighted by Crippen LogP contribution is -2.40. The van der Waals surface area contributed by atoms with Crippen molar-refractivity contribution >= 4 is 25.1 Å². The predicted molar refractivity (Wildman–Crippen MR) is 94.9 cm³/mol. The maximum atomic E-state index is 12.5. The van der Waals surface area contributed by atoms with Crippen molar-refractivity contribution in [3.8, 4) is 0 Å². The van der Waals surface area contributed by atoms with E-state index in [1.54, 1.807) is 0 Å². The molecule has 7 nitrogen and oxygen atoms in total. The number of anilines is 1. The summed E-state index contributed by atoms with van der Waals surface area (Å²) in [6, 6.07) is 13.9. The van der Waals surface area contributed by atoms with Crippen LogP contribution in [-0.2, 0) is 15.8 Å². The van der Waals surface area contributed by atoms with Crippen molar-refractivity contribution in [2.24, 2.45) is 0 Å². The van der Waals surface area contributed by atoms with E-state index in [4.69, 9.17) is 5.11 Å². The summed E-state index contributed by atoms with van der Waals surface area (Å²) in [7, 11) is -3.63. The van der Waals surface area contributed by atoms with Gasteiger partial charge in [0.05, 0.1) is 11.6 Å². The van der Waals surface area contributed by atoms with E-state index >= 15 is 0 Å². The fraction of sp³-hybridized carbons (Fsp3) is 0.176. The van der Waals surface area contributed by atoms with Crippen molar-refractivity contribution < 1.29 is 24.2 Å². The summed E-state index contributed by atoms with van der Waals surface area (Å²) in [4.78, 5) is 32.9. The summed E-state index contributed by atoms with van der Waals surface area (Å²) in [5, 5.41) is 14.0. The zero-order valence-corrected chi connectivity index (χ0v) is 14.4. The molecule has 0 aliphatic heterocycles. The molecule has 2 aromatic rings. The van der Waals surface area contributed by atoms with Crippen molar-refractivity contribution in [1.29, 1.82) is 0 Å². The number of carbonyl (C=O) groups excluding carboxylic acids is 1. The number of amides is 1. The molecule has 0 aromatic heterocycles. The molecular weight excluding hydrogens is 343 g/mol. The third-order valence-electron chi connectivity index (χ3n) is 3.39. The first-order valence-electron chi connectivity index (χ1n) is 7.51. The lowest BCUT2D eigenvalue weighted by Gasteiger charge is -2.20. The molecule has 0 aliphatic carbocycles. The van der Waals surface area contributed by atoms with Crippen LogP contribution in [0, 0.1) is 0 Å². The molecule has 1 unspecified atom stereocenters. The molecule has 0 fully saturated rings. The normalized spacial score (nSPS) is 14.3. The van der Waals surface area contributed by atoms with E-state index in [-0.39, 0.29) is 12.0 Å². The maximum Gasteiger partial charge on any atom is 0.335 e. The zero-order chi connectivity index (χ0) is 18.4. The second kappa shape index (κ2) is 8.07. The number of hydrogen-bond acceptors (Lipinski definition) is 3. The first kappa shape index (κ1) is 18.9. The molecule has 0 spiro atoms. The molecule has 0 heterocycles. The summed E-state index contributed by atoms with van der Waals surface area (Å²) in [5.41, 5.74) is 1.34. The molecule has 2 aromatic carbocycles. The van der Waals surface area contributed by atoms with Crippen LogP contribution in [0.5, 0.6) is 0 Å². The summed E-state index contributed by atoms with van der Waals surface area (Å²) in [6.45, 7) is 1.12. The van der Waals surface area contributed by atoms with Crippen LogP contribution in [0.15, 0.2) is 54.6 Å². The number of carbonyl (C=O) groups is 2. The van der Waals surface area contributed by atoms with Gasteiger partial charge < -0.3 is 15.3 Å². The number of hydrogen-bond donors (Lipinski definition) is 4. The Hall–Kier alpha value is -2.47. The molecule has 0 saturated heterocycles. The number of carboxylic acids is 1. The Labute approximate surface area is 145 Å². The minimum atomic E-state index is -3.63. The number of rotatable bonds is 7. The van der Waals surface area contributed by atoms with Gasteiger partial charge in [0.25, 0.3) is 7.52 Å². The van der Waals surface area contributed by atoms with Crippen LogP contribution in [0.25, 0.3) is 0 Å². The lowest BCUT2D eigenvalue weighted by molar-refractivity contribution is -0.117. The van der Waals surface area contributed by atoms with Crippen LogP contribution in [-0.4, -0.2) is 34.6 Å². The Morgan fingerprint density at radius 3 is 2.20 bits per heavy atom. The van der Waals surface area contributed by atoms with E-state index in [2.05, 4.69) is 10.4 Å². The smallest absolute Gasteiger partial charge is 0.335 e. The van der Waals surface area contributed by atoms with Crippen molar-refractivity contribution in [2.75, 3.05) is 12.0 Å². The molecule has 0 aliphatic rings. The van der Waals surface area contributed by atoms with Gasteiger partial charge in [-0.3, -0.25) is 9.36 Å². The van der Waals surface area contributed by atoms with Crippen LogP contribution in [0.2, 0.25) is 0 Å². The molecule has 2 rings (SSSR count). The van der Waals surface area contributed by atoms with Gasteiger partial charge in [-0.2, -0.15) is 0 Å². The van der Waals surface area contributed by atoms with Gasteiger partial charge in [-0.05, 0) is 36.2 Å². The second-order valence-corrected chi connectivity index (χ2v) is 7.64. The summed E-state index contributed by atoms with van der Waals surface area (Å²) < 4.78 is 11.7. The highest BCUT2D eigenvalue weighted by Crippen LogP contribution is 2.30. The van der Waals surface area contributed by atoms with E-state index in [1.165, 1.54) is 24.3 Å². The monoisotopic (exact) mass is 362 g/mol. The van der Waals surface area contributed by atoms with Gasteiger partial charge in [-0.1, -0.05) is 30.3 Å². The van der Waals surface area contributed by atoms with Gasteiger partial charge in [0.15, 0.2) is 0 Å². The van der Waals surface area contributed by atoms with Gasteiger partial charge in [0.2, 0.25) is 5.91 Å². The van der Waals surface area contributed by atoms with E-state index < -0.39 is 25.4 Å². The molecular formula is C17H19N2O5P. The lowest BCUT2D eigenvalue weighted by atomic mass is 10.1. The molecule has 25 heavy (non-hydrogen) atoms. The topological polar surface area (TPSA) is 116 Å². The third-order valence-corrected chi connectivity index (χ3v) is 4.18. The third kappa shape index (κ3) is 6.15. The molecule has 132 valence electrons. The largest absolute Gasteiger partial charge is 0.478 e. The second-order valence-electron chi connectivity index (χ2n) is 5.62. The first-order chi connectivity index (χ1) is 11.7. The van der Waals surface area contributed by atoms with E-state index in [0.717, 1.165) is 12.2 Å². The fourth-order valence-corrected chi connectivity index (χ4v) is 3.05. The Bertz CT molecular complexity index is 786. The predicted octanol–water partition coefficient (Wildman–Crippen LogP) is 2.34. The Balaban J connectivity index is 2.13. The quantitative estimate of drug-likeness (QED) is 0.562. The highest BCUT2D eigenvalue weighted by Gasteiger charge is 2.25. The standard InChI is InChI=1S/C17H19N2O5P/c1-25(23,24)19-15(11-12-5-3-2-4-6-12)16(20)18-14-9-7-13(8-10-14)17(21)22/h2-10,15H,11H2,1H3,(H,18,20)(H,21,22)(H2,19,23,24)/t15-/m0/s1. The maximum absolute atomic E-state index is 12.5. The Morgan fingerprint density at radius 1 is 1.08 bits per heavy atom. The van der Waals surface area contributed by atoms with Gasteiger partial charge in [-0.15, -0.1) is 0 Å². The zero-order valence-electron chi connectivity index (χ0n) is 13.5. The molecule has 0 saturated carbocycles. The van der Waals surface area contributed by atoms with Gasteiger partial charge in [0.1, 0.15) is 0 Å². The van der Waals surface area contributed by atoms with Crippen LogP contribution in [0.1, 0.15) is 15.9 Å². The Morgan fingerprint density at radius 2 is 1.68 bits per heavy atom. The summed E-state index contributed by atoms with van der Waals surface area (Å²) >= 11 is 0. The van der Waals surface area contributed by atoms with Crippen LogP contribution in [0.4, 0.5) is 5.69 Å². The molecule has 2 atom stereocenters. The van der Waals surface area contributed by atoms with Crippen LogP contribution >= 0.6 is 7.52 Å². The number of carboxylic acid groups (broad SMARTS) is 1. The van der Waals surface area contributed by atoms with Crippen molar-refractivity contribution in [3.05, 3.63) is 65.7 Å². The van der Waals surface area contributed by atoms with Gasteiger partial charge in [0, 0.05) is 12.4 Å². The molecule has 0 bridgehead atoms. The van der Waals surface area contributed by atoms with Gasteiger partial charge >= 0.3 is 5.97 Å². The minimum absolute atomic E-state index is 0.102. The van der Waals surface area contributed by atoms with E-state index in [9.17, 15) is 19.0 Å². The average molecular weight is 362 g/mol. The van der Waals surface area contributed by atoms with Crippen LogP contribution in [0.3, 0.4) is 0 Å². The van der Waals surface area contributed by atoms with E-state index in [0.29, 0.717) is 5.69 Å². The average Bonchev–Trinajstić information content (AvgIpc) is 2.54. The first-order valence-corrected chi connectivity index (χ1v) is 9.61. The Kier molecular flexibility index (Phi) is 6.09. The SMILES string of the molecule is CP(=O)(O)N[C@@H](Cc1ccccc1)C(=O)Nc1ccc(C(=O)O)cc1.